The zero-order valence-electron chi connectivity index (χ0n) is 19.6. The Labute approximate surface area is 200 Å². The van der Waals surface area contributed by atoms with Gasteiger partial charge >= 0.3 is 5.97 Å². The molecule has 1 aliphatic rings. The Morgan fingerprint density at radius 2 is 1.65 bits per heavy atom. The van der Waals surface area contributed by atoms with E-state index >= 15 is 0 Å². The number of ether oxygens (including phenoxy) is 3. The molecule has 0 aliphatic heterocycles. The molecule has 1 N–H and O–H groups in total. The maximum absolute atomic E-state index is 11.3. The van der Waals surface area contributed by atoms with Gasteiger partial charge in [-0.1, -0.05) is 55.5 Å². The van der Waals surface area contributed by atoms with Crippen molar-refractivity contribution in [2.24, 2.45) is 0 Å². The summed E-state index contributed by atoms with van der Waals surface area (Å²) in [5, 5.41) is 9.28. The minimum absolute atomic E-state index is 0.323. The van der Waals surface area contributed by atoms with E-state index in [0.29, 0.717) is 26.2 Å². The molecule has 1 atom stereocenters. The largest absolute Gasteiger partial charge is 0.493 e. The number of rotatable bonds is 11. The molecule has 0 bridgehead atoms. The molecular weight excluding hydrogens is 428 g/mol. The normalized spacial score (nSPS) is 13.9. The summed E-state index contributed by atoms with van der Waals surface area (Å²) < 4.78 is 17.3. The summed E-state index contributed by atoms with van der Waals surface area (Å²) in [6.07, 6.45) is 2.56. The van der Waals surface area contributed by atoms with Gasteiger partial charge in [0.1, 0.15) is 18.1 Å². The predicted octanol–water partition coefficient (Wildman–Crippen LogP) is 6.00. The minimum atomic E-state index is -0.950. The highest BCUT2D eigenvalue weighted by atomic mass is 16.5. The Balaban J connectivity index is 1.49. The first-order valence-corrected chi connectivity index (χ1v) is 11.7. The topological polar surface area (TPSA) is 65.0 Å². The van der Waals surface area contributed by atoms with Gasteiger partial charge in [-0.2, -0.15) is 0 Å². The smallest absolute Gasteiger partial charge is 0.333 e. The standard InChI is InChI=1S/C29H30O5/c1-3-17-34-26-11-7-10-25-23(22-8-5-6-9-24(22)28(25)26)16-18-33-21-14-12-20(13-15-21)19-27(29(30)31)32-4-2/h5-16,27H,3-4,17-19H2,1-2H3,(H,30,31)/b23-16+. The van der Waals surface area contributed by atoms with Crippen molar-refractivity contribution >= 4 is 11.5 Å². The number of carboxylic acids is 1. The molecule has 0 heterocycles. The average molecular weight is 459 g/mol. The van der Waals surface area contributed by atoms with E-state index in [2.05, 4.69) is 43.3 Å². The summed E-state index contributed by atoms with van der Waals surface area (Å²) >= 11 is 0. The highest BCUT2D eigenvalue weighted by Gasteiger charge is 2.26. The molecule has 5 heteroatoms. The lowest BCUT2D eigenvalue weighted by Gasteiger charge is -2.13. The van der Waals surface area contributed by atoms with Crippen molar-refractivity contribution in [3.8, 4) is 22.6 Å². The van der Waals surface area contributed by atoms with Crippen LogP contribution < -0.4 is 9.47 Å². The fourth-order valence-corrected chi connectivity index (χ4v) is 4.24. The summed E-state index contributed by atoms with van der Waals surface area (Å²) in [5.41, 5.74) is 6.70. The van der Waals surface area contributed by atoms with Crippen LogP contribution in [0.5, 0.6) is 11.5 Å². The highest BCUT2D eigenvalue weighted by molar-refractivity contribution is 6.03. The molecule has 0 spiro atoms. The van der Waals surface area contributed by atoms with Crippen molar-refractivity contribution in [1.29, 1.82) is 0 Å². The fourth-order valence-electron chi connectivity index (χ4n) is 4.24. The third-order valence-corrected chi connectivity index (χ3v) is 5.79. The van der Waals surface area contributed by atoms with Crippen LogP contribution in [0.1, 0.15) is 37.0 Å². The van der Waals surface area contributed by atoms with Gasteiger partial charge in [-0.05, 0) is 65.4 Å². The van der Waals surface area contributed by atoms with Gasteiger partial charge in [-0.3, -0.25) is 0 Å². The van der Waals surface area contributed by atoms with E-state index in [1.165, 1.54) is 11.1 Å². The molecule has 0 fully saturated rings. The Hall–Kier alpha value is -3.57. The van der Waals surface area contributed by atoms with Crippen molar-refractivity contribution in [3.05, 3.63) is 89.5 Å². The number of hydrogen-bond acceptors (Lipinski definition) is 4. The van der Waals surface area contributed by atoms with Gasteiger partial charge in [0.05, 0.1) is 6.61 Å². The van der Waals surface area contributed by atoms with Gasteiger partial charge in [0, 0.05) is 18.6 Å². The zero-order valence-corrected chi connectivity index (χ0v) is 19.6. The minimum Gasteiger partial charge on any atom is -0.493 e. The van der Waals surface area contributed by atoms with Gasteiger partial charge in [0.25, 0.3) is 0 Å². The number of carboxylic acid groups (broad SMARTS) is 1. The molecule has 0 aromatic heterocycles. The molecule has 0 amide bonds. The molecule has 34 heavy (non-hydrogen) atoms. The first-order valence-electron chi connectivity index (χ1n) is 11.7. The Kier molecular flexibility index (Phi) is 7.65. The molecule has 1 unspecified atom stereocenters. The first kappa shape index (κ1) is 23.6. The maximum atomic E-state index is 11.3. The second-order valence-corrected chi connectivity index (χ2v) is 8.13. The van der Waals surface area contributed by atoms with Gasteiger partial charge < -0.3 is 19.3 Å². The van der Waals surface area contributed by atoms with Crippen LogP contribution in [0.2, 0.25) is 0 Å². The van der Waals surface area contributed by atoms with Crippen LogP contribution in [0.3, 0.4) is 0 Å². The van der Waals surface area contributed by atoms with Crippen LogP contribution in [0.4, 0.5) is 0 Å². The predicted molar refractivity (Wildman–Crippen MR) is 133 cm³/mol. The molecule has 1 aliphatic carbocycles. The second kappa shape index (κ2) is 11.0. The molecule has 5 nitrogen and oxygen atoms in total. The van der Waals surface area contributed by atoms with E-state index in [1.54, 1.807) is 6.92 Å². The molecule has 0 saturated carbocycles. The van der Waals surface area contributed by atoms with Crippen LogP contribution in [-0.4, -0.2) is 37.0 Å². The molecular formula is C29H30O5. The third-order valence-electron chi connectivity index (χ3n) is 5.79. The highest BCUT2D eigenvalue weighted by Crippen LogP contribution is 2.48. The number of hydrogen-bond donors (Lipinski definition) is 1. The molecule has 176 valence electrons. The molecule has 0 saturated heterocycles. The van der Waals surface area contributed by atoms with Crippen LogP contribution in [0.25, 0.3) is 16.7 Å². The quantitative estimate of drug-likeness (QED) is 0.299. The van der Waals surface area contributed by atoms with Gasteiger partial charge in [0.15, 0.2) is 6.10 Å². The molecule has 0 radical (unpaired) electrons. The lowest BCUT2D eigenvalue weighted by molar-refractivity contribution is -0.149. The number of benzene rings is 3. The van der Waals surface area contributed by atoms with Crippen molar-refractivity contribution < 1.29 is 24.1 Å². The van der Waals surface area contributed by atoms with Gasteiger partial charge in [-0.25, -0.2) is 4.79 Å². The van der Waals surface area contributed by atoms with Crippen molar-refractivity contribution in [2.75, 3.05) is 19.8 Å². The summed E-state index contributed by atoms with van der Waals surface area (Å²) in [6.45, 7) is 5.37. The van der Waals surface area contributed by atoms with Crippen molar-refractivity contribution in [3.63, 3.8) is 0 Å². The number of aliphatic carboxylic acids is 1. The van der Waals surface area contributed by atoms with Crippen LogP contribution >= 0.6 is 0 Å². The van der Waals surface area contributed by atoms with E-state index in [0.717, 1.165) is 40.2 Å². The SMILES string of the molecule is CCCOc1cccc2c1-c1ccccc1/C2=C\COc1ccc(CC(OCC)C(=O)O)cc1. The van der Waals surface area contributed by atoms with Gasteiger partial charge in [-0.15, -0.1) is 0 Å². The van der Waals surface area contributed by atoms with Crippen LogP contribution in [0, 0.1) is 0 Å². The molecule has 3 aromatic carbocycles. The average Bonchev–Trinajstić information content (AvgIpc) is 3.18. The van der Waals surface area contributed by atoms with Gasteiger partial charge in [0.2, 0.25) is 0 Å². The maximum Gasteiger partial charge on any atom is 0.333 e. The lowest BCUT2D eigenvalue weighted by atomic mass is 10.0. The number of fused-ring (bicyclic) bond motifs is 3. The summed E-state index contributed by atoms with van der Waals surface area (Å²) in [4.78, 5) is 11.3. The van der Waals surface area contributed by atoms with Crippen LogP contribution in [-0.2, 0) is 16.0 Å². The van der Waals surface area contributed by atoms with Crippen molar-refractivity contribution in [1.82, 2.24) is 0 Å². The summed E-state index contributed by atoms with van der Waals surface area (Å²) in [5.74, 6) is 0.697. The lowest BCUT2D eigenvalue weighted by Crippen LogP contribution is -2.26. The van der Waals surface area contributed by atoms with Crippen LogP contribution in [0.15, 0.2) is 72.8 Å². The van der Waals surface area contributed by atoms with Crippen molar-refractivity contribution in [2.45, 2.75) is 32.8 Å². The third kappa shape index (κ3) is 5.15. The Bertz CT molecular complexity index is 1160. The van der Waals surface area contributed by atoms with E-state index in [-0.39, 0.29) is 0 Å². The monoisotopic (exact) mass is 458 g/mol. The molecule has 4 rings (SSSR count). The van der Waals surface area contributed by atoms with E-state index in [4.69, 9.17) is 14.2 Å². The fraction of sp³-hybridized carbons (Fsp3) is 0.276. The summed E-state index contributed by atoms with van der Waals surface area (Å²) in [7, 11) is 0. The number of carbonyl (C=O) groups is 1. The second-order valence-electron chi connectivity index (χ2n) is 8.13. The van der Waals surface area contributed by atoms with E-state index in [1.807, 2.05) is 36.4 Å². The first-order chi connectivity index (χ1) is 16.6. The Morgan fingerprint density at radius 3 is 2.35 bits per heavy atom. The van der Waals surface area contributed by atoms with E-state index in [9.17, 15) is 9.90 Å². The Morgan fingerprint density at radius 1 is 0.912 bits per heavy atom. The summed E-state index contributed by atoms with van der Waals surface area (Å²) in [6, 6.07) is 22.1. The zero-order chi connectivity index (χ0) is 23.9. The van der Waals surface area contributed by atoms with E-state index < -0.39 is 12.1 Å². The molecule has 3 aromatic rings.